The third kappa shape index (κ3) is 12.4. The molecule has 0 fully saturated rings. The Morgan fingerprint density at radius 3 is 2.33 bits per heavy atom. The fourth-order valence-electron chi connectivity index (χ4n) is 3.72. The molecule has 6 nitrogen and oxygen atoms in total. The number of phenolic OH excluding ortho intramolecular Hbond substituents is 1. The third-order valence-electron chi connectivity index (χ3n) is 6.20. The summed E-state index contributed by atoms with van der Waals surface area (Å²) in [4.78, 5) is 13.0. The van der Waals surface area contributed by atoms with Crippen LogP contribution in [0.25, 0.3) is 6.08 Å². The van der Waals surface area contributed by atoms with Gasteiger partial charge in [-0.15, -0.1) is 0 Å². The lowest BCUT2D eigenvalue weighted by Crippen LogP contribution is -2.22. The van der Waals surface area contributed by atoms with Crippen LogP contribution in [0.2, 0.25) is 25.7 Å². The minimum atomic E-state index is -1.12. The van der Waals surface area contributed by atoms with E-state index in [1.807, 2.05) is 24.3 Å². The Kier molecular flexibility index (Phi) is 13.9. The lowest BCUT2D eigenvalue weighted by Gasteiger charge is -2.15. The number of hydrogen-bond acceptors (Lipinski definition) is 6. The number of carbonyl (C=O) groups excluding carboxylic acids is 1. The maximum atomic E-state index is 13.0. The van der Waals surface area contributed by atoms with E-state index < -0.39 is 8.07 Å². The number of hydrogen-bond donors (Lipinski definition) is 1. The van der Waals surface area contributed by atoms with Gasteiger partial charge in [-0.05, 0) is 82.0 Å². The number of methoxy groups -OCH3 is 1. The number of ether oxygens (including phenoxy) is 4. The highest BCUT2D eigenvalue weighted by Crippen LogP contribution is 2.33. The zero-order valence-electron chi connectivity index (χ0n) is 25.2. The molecule has 7 heteroatoms. The van der Waals surface area contributed by atoms with E-state index in [0.717, 1.165) is 24.4 Å². The fraction of sp³-hybridized carbons (Fsp3) is 0.424. The van der Waals surface area contributed by atoms with Crippen LogP contribution in [0.4, 0.5) is 0 Å². The molecule has 0 aliphatic heterocycles. The molecule has 0 bridgehead atoms. The van der Waals surface area contributed by atoms with Crippen molar-refractivity contribution in [3.8, 4) is 17.2 Å². The molecule has 0 aliphatic rings. The zero-order chi connectivity index (χ0) is 29.5. The molecular weight excluding hydrogens is 520 g/mol. The van der Waals surface area contributed by atoms with Crippen molar-refractivity contribution in [1.29, 1.82) is 0 Å². The minimum Gasteiger partial charge on any atom is -0.507 e. The average Bonchev–Trinajstić information content (AvgIpc) is 2.89. The van der Waals surface area contributed by atoms with Gasteiger partial charge in [-0.2, -0.15) is 0 Å². The molecule has 0 saturated carbocycles. The van der Waals surface area contributed by atoms with E-state index in [9.17, 15) is 9.90 Å². The molecule has 0 atom stereocenters. The average molecular weight is 567 g/mol. The summed E-state index contributed by atoms with van der Waals surface area (Å²) < 4.78 is 22.0. The van der Waals surface area contributed by atoms with Crippen LogP contribution in [0.15, 0.2) is 65.8 Å². The number of rotatable bonds is 17. The van der Waals surface area contributed by atoms with Gasteiger partial charge in [-0.1, -0.05) is 61.1 Å². The van der Waals surface area contributed by atoms with Crippen molar-refractivity contribution in [2.24, 2.45) is 0 Å². The second-order valence-electron chi connectivity index (χ2n) is 11.3. The van der Waals surface area contributed by atoms with Gasteiger partial charge in [0, 0.05) is 27.4 Å². The van der Waals surface area contributed by atoms with Crippen molar-refractivity contribution >= 4 is 19.9 Å². The highest BCUT2D eigenvalue weighted by molar-refractivity contribution is 6.76. The van der Waals surface area contributed by atoms with Crippen molar-refractivity contribution in [1.82, 2.24) is 0 Å². The first-order chi connectivity index (χ1) is 19.0. The monoisotopic (exact) mass is 566 g/mol. The van der Waals surface area contributed by atoms with Crippen LogP contribution in [0.1, 0.15) is 55.1 Å². The molecule has 0 heterocycles. The number of benzene rings is 2. The lowest BCUT2D eigenvalue weighted by atomic mass is 9.99. The zero-order valence-corrected chi connectivity index (χ0v) is 26.2. The summed E-state index contributed by atoms with van der Waals surface area (Å²) in [5, 5.41) is 11.1. The van der Waals surface area contributed by atoms with Gasteiger partial charge in [-0.3, -0.25) is 4.79 Å². The Labute approximate surface area is 241 Å². The number of allylic oxidation sites excluding steroid dienone is 5. The van der Waals surface area contributed by atoms with Gasteiger partial charge in [0.1, 0.15) is 17.2 Å². The highest BCUT2D eigenvalue weighted by atomic mass is 28.3. The number of phenols is 1. The molecule has 0 spiro atoms. The summed E-state index contributed by atoms with van der Waals surface area (Å²) >= 11 is 0. The third-order valence-corrected chi connectivity index (χ3v) is 7.90. The van der Waals surface area contributed by atoms with E-state index in [1.54, 1.807) is 18.2 Å². The topological polar surface area (TPSA) is 74.2 Å². The molecule has 0 unspecified atom stereocenters. The molecule has 40 heavy (non-hydrogen) atoms. The van der Waals surface area contributed by atoms with Gasteiger partial charge in [0.2, 0.25) is 0 Å². The van der Waals surface area contributed by atoms with Crippen molar-refractivity contribution in [3.05, 3.63) is 82.5 Å². The summed E-state index contributed by atoms with van der Waals surface area (Å²) in [5.74, 6) is 0.829. The van der Waals surface area contributed by atoms with Crippen molar-refractivity contribution < 1.29 is 28.8 Å². The van der Waals surface area contributed by atoms with E-state index in [-0.39, 0.29) is 30.7 Å². The second kappa shape index (κ2) is 16.9. The number of ketones is 1. The maximum absolute atomic E-state index is 13.0. The Bertz CT molecular complexity index is 1170. The SMILES string of the molecule is COCOc1ccc(C(=O)/C=C/c2ccc(OCOCC[Si](C)(C)C)cc2)c(O)c1C/C=C(\C)CCC=C(C)C. The van der Waals surface area contributed by atoms with Crippen LogP contribution < -0.4 is 9.47 Å². The van der Waals surface area contributed by atoms with E-state index in [0.29, 0.717) is 30.1 Å². The first kappa shape index (κ1) is 33.1. The fourth-order valence-corrected chi connectivity index (χ4v) is 4.48. The summed E-state index contributed by atoms with van der Waals surface area (Å²) in [5.41, 5.74) is 4.13. The van der Waals surface area contributed by atoms with Crippen LogP contribution in [-0.2, 0) is 15.9 Å². The molecular formula is C33H46O6Si. The summed E-state index contributed by atoms with van der Waals surface area (Å²) in [6.45, 7) is 14.2. The first-order valence-corrected chi connectivity index (χ1v) is 17.5. The molecule has 0 aromatic heterocycles. The minimum absolute atomic E-state index is 0.0488. The van der Waals surface area contributed by atoms with Crippen LogP contribution >= 0.6 is 0 Å². The summed E-state index contributed by atoms with van der Waals surface area (Å²) in [6.07, 6.45) is 9.80. The van der Waals surface area contributed by atoms with Gasteiger partial charge < -0.3 is 24.1 Å². The molecule has 0 saturated heterocycles. The first-order valence-electron chi connectivity index (χ1n) is 13.8. The number of aromatic hydroxyl groups is 1. The van der Waals surface area contributed by atoms with Gasteiger partial charge in [-0.25, -0.2) is 0 Å². The van der Waals surface area contributed by atoms with E-state index in [1.165, 1.54) is 24.3 Å². The Hall–Kier alpha value is -3.13. The van der Waals surface area contributed by atoms with E-state index in [2.05, 4.69) is 52.6 Å². The van der Waals surface area contributed by atoms with Gasteiger partial charge in [0.05, 0.1) is 5.56 Å². The lowest BCUT2D eigenvalue weighted by molar-refractivity contribution is 0.0220. The molecule has 2 aromatic rings. The predicted octanol–water partition coefficient (Wildman–Crippen LogP) is 8.20. The van der Waals surface area contributed by atoms with Gasteiger partial charge >= 0.3 is 0 Å². The highest BCUT2D eigenvalue weighted by Gasteiger charge is 2.17. The van der Waals surface area contributed by atoms with Crippen LogP contribution in [0, 0.1) is 0 Å². The largest absolute Gasteiger partial charge is 0.507 e. The molecule has 1 N–H and O–H groups in total. The van der Waals surface area contributed by atoms with E-state index in [4.69, 9.17) is 18.9 Å². The Balaban J connectivity index is 2.07. The molecule has 0 aliphatic carbocycles. The summed E-state index contributed by atoms with van der Waals surface area (Å²) in [7, 11) is 0.423. The molecule has 0 amide bonds. The molecule has 0 radical (unpaired) electrons. The molecule has 218 valence electrons. The Morgan fingerprint density at radius 1 is 0.950 bits per heavy atom. The quantitative estimate of drug-likeness (QED) is 0.0519. The second-order valence-corrected chi connectivity index (χ2v) is 16.9. The Morgan fingerprint density at radius 2 is 1.68 bits per heavy atom. The predicted molar refractivity (Wildman–Crippen MR) is 166 cm³/mol. The normalized spacial score (nSPS) is 12.0. The number of carbonyl (C=O) groups is 1. The van der Waals surface area contributed by atoms with Gasteiger partial charge in [0.15, 0.2) is 19.4 Å². The maximum Gasteiger partial charge on any atom is 0.189 e. The van der Waals surface area contributed by atoms with Crippen LogP contribution in [-0.4, -0.2) is 46.3 Å². The van der Waals surface area contributed by atoms with Crippen molar-refractivity contribution in [2.75, 3.05) is 27.3 Å². The molecule has 2 rings (SSSR count). The van der Waals surface area contributed by atoms with E-state index >= 15 is 0 Å². The van der Waals surface area contributed by atoms with Crippen LogP contribution in [0.5, 0.6) is 17.2 Å². The molecule has 2 aromatic carbocycles. The smallest absolute Gasteiger partial charge is 0.189 e. The van der Waals surface area contributed by atoms with Crippen LogP contribution in [0.3, 0.4) is 0 Å². The van der Waals surface area contributed by atoms with Crippen molar-refractivity contribution in [2.45, 2.75) is 65.7 Å². The standard InChI is InChI=1S/C33H46O6Si/c1-25(2)9-8-10-26(3)11-17-30-32(39-23-36-4)20-18-29(33(30)35)31(34)19-14-27-12-15-28(16-13-27)38-24-37-21-22-40(5,6)7/h9,11-16,18-20,35H,8,10,17,21-24H2,1-7H3/b19-14+,26-11+. The van der Waals surface area contributed by atoms with Gasteiger partial charge in [0.25, 0.3) is 0 Å². The summed E-state index contributed by atoms with van der Waals surface area (Å²) in [6, 6.07) is 11.8. The van der Waals surface area contributed by atoms with Crippen molar-refractivity contribution in [3.63, 3.8) is 0 Å².